The summed E-state index contributed by atoms with van der Waals surface area (Å²) in [5.41, 5.74) is 1.70. The maximum Gasteiger partial charge on any atom is 0.321 e. The number of nitrogens with zero attached hydrogens (tertiary/aromatic N) is 1. The van der Waals surface area contributed by atoms with E-state index in [1.165, 1.54) is 0 Å². The van der Waals surface area contributed by atoms with Crippen molar-refractivity contribution in [2.45, 2.75) is 26.1 Å². The molecule has 1 aliphatic rings. The summed E-state index contributed by atoms with van der Waals surface area (Å²) >= 11 is 0. The number of benzene rings is 1. The Balaban J connectivity index is 2.01. The Hall–Kier alpha value is -1.59. The van der Waals surface area contributed by atoms with Gasteiger partial charge in [-0.25, -0.2) is 4.79 Å². The van der Waals surface area contributed by atoms with Crippen molar-refractivity contribution in [1.29, 1.82) is 0 Å². The number of carbonyl (C=O) groups excluding carboxylic acids is 1. The van der Waals surface area contributed by atoms with Crippen LogP contribution in [0.3, 0.4) is 0 Å². The summed E-state index contributed by atoms with van der Waals surface area (Å²) in [4.78, 5) is 13.9. The molecule has 0 saturated carbocycles. The van der Waals surface area contributed by atoms with E-state index in [0.717, 1.165) is 17.7 Å². The van der Waals surface area contributed by atoms with Gasteiger partial charge in [0.2, 0.25) is 0 Å². The highest BCUT2D eigenvalue weighted by molar-refractivity contribution is 5.90. The minimum atomic E-state index is -0.441. The number of hydrogen-bond acceptors (Lipinski definition) is 3. The molecule has 5 heteroatoms. The quantitative estimate of drug-likeness (QED) is 0.889. The highest BCUT2D eigenvalue weighted by Gasteiger charge is 2.27. The van der Waals surface area contributed by atoms with Gasteiger partial charge in [-0.05, 0) is 18.4 Å². The zero-order valence-corrected chi connectivity index (χ0v) is 12.0. The molecule has 1 aromatic rings. The lowest BCUT2D eigenvalue weighted by Gasteiger charge is -2.34. The van der Waals surface area contributed by atoms with E-state index in [9.17, 15) is 9.90 Å². The van der Waals surface area contributed by atoms with Gasteiger partial charge in [0.1, 0.15) is 0 Å². The van der Waals surface area contributed by atoms with Crippen LogP contribution >= 0.6 is 0 Å². The van der Waals surface area contributed by atoms with E-state index in [1.54, 1.807) is 12.0 Å². The zero-order valence-electron chi connectivity index (χ0n) is 12.0. The number of nitrogens with one attached hydrogen (secondary N) is 1. The molecule has 1 aliphatic heterocycles. The highest BCUT2D eigenvalue weighted by atomic mass is 16.5. The van der Waals surface area contributed by atoms with Crippen molar-refractivity contribution in [1.82, 2.24) is 4.90 Å². The van der Waals surface area contributed by atoms with E-state index in [0.29, 0.717) is 19.7 Å². The molecule has 2 atom stereocenters. The van der Waals surface area contributed by atoms with Crippen molar-refractivity contribution in [3.63, 3.8) is 0 Å². The van der Waals surface area contributed by atoms with E-state index < -0.39 is 6.10 Å². The first-order chi connectivity index (χ1) is 9.61. The lowest BCUT2D eigenvalue weighted by molar-refractivity contribution is 0.0463. The largest absolute Gasteiger partial charge is 0.391 e. The molecule has 0 bridgehead atoms. The summed E-state index contributed by atoms with van der Waals surface area (Å²) in [6.07, 6.45) is 0.387. The Kier molecular flexibility index (Phi) is 4.98. The summed E-state index contributed by atoms with van der Waals surface area (Å²) < 4.78 is 5.12. The predicted octanol–water partition coefficient (Wildman–Crippen LogP) is 2.07. The third-order valence-corrected chi connectivity index (χ3v) is 3.76. The second-order valence-electron chi connectivity index (χ2n) is 5.30. The second kappa shape index (κ2) is 6.72. The number of ether oxygens (including phenoxy) is 1. The number of rotatable bonds is 3. The van der Waals surface area contributed by atoms with E-state index in [2.05, 4.69) is 5.32 Å². The van der Waals surface area contributed by atoms with Gasteiger partial charge in [0, 0.05) is 31.5 Å². The minimum Gasteiger partial charge on any atom is -0.391 e. The first kappa shape index (κ1) is 14.8. The van der Waals surface area contributed by atoms with Crippen LogP contribution < -0.4 is 5.32 Å². The van der Waals surface area contributed by atoms with Gasteiger partial charge in [-0.15, -0.1) is 0 Å². The smallest absolute Gasteiger partial charge is 0.321 e. The number of aliphatic hydroxyl groups excluding tert-OH is 1. The number of amides is 2. The van der Waals surface area contributed by atoms with Crippen LogP contribution in [0.25, 0.3) is 0 Å². The van der Waals surface area contributed by atoms with Crippen molar-refractivity contribution in [3.8, 4) is 0 Å². The predicted molar refractivity (Wildman–Crippen MR) is 77.5 cm³/mol. The molecule has 1 heterocycles. The van der Waals surface area contributed by atoms with Crippen LogP contribution in [0.5, 0.6) is 0 Å². The Labute approximate surface area is 119 Å². The van der Waals surface area contributed by atoms with Crippen LogP contribution in [0.4, 0.5) is 10.5 Å². The monoisotopic (exact) mass is 278 g/mol. The number of para-hydroxylation sites is 1. The van der Waals surface area contributed by atoms with Gasteiger partial charge in [-0.2, -0.15) is 0 Å². The number of piperidine rings is 1. The minimum absolute atomic E-state index is 0.167. The number of anilines is 1. The molecule has 1 saturated heterocycles. The summed E-state index contributed by atoms with van der Waals surface area (Å²) in [5, 5.41) is 12.8. The van der Waals surface area contributed by atoms with Gasteiger partial charge in [0.25, 0.3) is 0 Å². The average Bonchev–Trinajstić information content (AvgIpc) is 2.44. The standard InChI is InChI=1S/C15H22N2O3/c1-11-7-8-17(9-14(11)18)15(19)16-13-6-4-3-5-12(13)10-20-2/h3-6,11,14,18H,7-10H2,1-2H3,(H,16,19). The molecule has 110 valence electrons. The SMILES string of the molecule is COCc1ccccc1NC(=O)N1CCC(C)C(O)C1. The van der Waals surface area contributed by atoms with Crippen LogP contribution in [-0.2, 0) is 11.3 Å². The third kappa shape index (κ3) is 3.49. The Morgan fingerprint density at radius 1 is 1.50 bits per heavy atom. The number of likely N-dealkylation sites (tertiary alicyclic amines) is 1. The molecule has 2 amide bonds. The number of methoxy groups -OCH3 is 1. The van der Waals surface area contributed by atoms with Gasteiger partial charge >= 0.3 is 6.03 Å². The normalized spacial score (nSPS) is 22.6. The molecule has 0 spiro atoms. The summed E-state index contributed by atoms with van der Waals surface area (Å²) in [7, 11) is 1.63. The van der Waals surface area contributed by atoms with Crippen molar-refractivity contribution in [3.05, 3.63) is 29.8 Å². The van der Waals surface area contributed by atoms with Gasteiger partial charge in [0.15, 0.2) is 0 Å². The van der Waals surface area contributed by atoms with Crippen LogP contribution in [-0.4, -0.2) is 42.3 Å². The fourth-order valence-electron chi connectivity index (χ4n) is 2.35. The van der Waals surface area contributed by atoms with Crippen LogP contribution in [0.2, 0.25) is 0 Å². The van der Waals surface area contributed by atoms with Crippen LogP contribution in [0.1, 0.15) is 18.9 Å². The third-order valence-electron chi connectivity index (χ3n) is 3.76. The molecule has 20 heavy (non-hydrogen) atoms. The van der Waals surface area contributed by atoms with Crippen molar-refractivity contribution in [2.75, 3.05) is 25.5 Å². The lowest BCUT2D eigenvalue weighted by atomic mass is 9.96. The Morgan fingerprint density at radius 2 is 2.25 bits per heavy atom. The van der Waals surface area contributed by atoms with Crippen molar-refractivity contribution in [2.24, 2.45) is 5.92 Å². The average molecular weight is 278 g/mol. The molecule has 0 aromatic heterocycles. The topological polar surface area (TPSA) is 61.8 Å². The molecule has 0 radical (unpaired) electrons. The number of hydrogen-bond donors (Lipinski definition) is 2. The fourth-order valence-corrected chi connectivity index (χ4v) is 2.35. The molecule has 1 aromatic carbocycles. The molecule has 2 rings (SSSR count). The van der Waals surface area contributed by atoms with Gasteiger partial charge < -0.3 is 20.1 Å². The van der Waals surface area contributed by atoms with Gasteiger partial charge in [-0.3, -0.25) is 0 Å². The molecule has 0 aliphatic carbocycles. The van der Waals surface area contributed by atoms with E-state index in [4.69, 9.17) is 4.74 Å². The maximum atomic E-state index is 12.2. The van der Waals surface area contributed by atoms with E-state index in [-0.39, 0.29) is 11.9 Å². The Morgan fingerprint density at radius 3 is 2.95 bits per heavy atom. The first-order valence-electron chi connectivity index (χ1n) is 6.92. The molecule has 2 unspecified atom stereocenters. The molecule has 1 fully saturated rings. The lowest BCUT2D eigenvalue weighted by Crippen LogP contribution is -2.47. The molecular weight excluding hydrogens is 256 g/mol. The van der Waals surface area contributed by atoms with Gasteiger partial charge in [0.05, 0.1) is 12.7 Å². The number of carbonyl (C=O) groups is 1. The van der Waals surface area contributed by atoms with Crippen LogP contribution in [0.15, 0.2) is 24.3 Å². The zero-order chi connectivity index (χ0) is 14.5. The maximum absolute atomic E-state index is 12.2. The highest BCUT2D eigenvalue weighted by Crippen LogP contribution is 2.20. The van der Waals surface area contributed by atoms with Gasteiger partial charge in [-0.1, -0.05) is 25.1 Å². The van der Waals surface area contributed by atoms with Crippen molar-refractivity contribution >= 4 is 11.7 Å². The second-order valence-corrected chi connectivity index (χ2v) is 5.30. The molecule has 5 nitrogen and oxygen atoms in total. The number of aliphatic hydroxyl groups is 1. The fraction of sp³-hybridized carbons (Fsp3) is 0.533. The number of β-amino-alcohol motifs (C(OH)–C–C–N with tert-alkyl or cyclic N) is 1. The summed E-state index contributed by atoms with van der Waals surface area (Å²) in [6, 6.07) is 7.40. The van der Waals surface area contributed by atoms with E-state index >= 15 is 0 Å². The first-order valence-corrected chi connectivity index (χ1v) is 6.92. The summed E-state index contributed by atoms with van der Waals surface area (Å²) in [5.74, 6) is 0.250. The van der Waals surface area contributed by atoms with Crippen molar-refractivity contribution < 1.29 is 14.6 Å². The van der Waals surface area contributed by atoms with E-state index in [1.807, 2.05) is 31.2 Å². The Bertz CT molecular complexity index is 464. The number of urea groups is 1. The van der Waals surface area contributed by atoms with Crippen LogP contribution in [0, 0.1) is 5.92 Å². The summed E-state index contributed by atoms with van der Waals surface area (Å²) in [6.45, 7) is 3.53. The molecular formula is C15H22N2O3. The molecule has 2 N–H and O–H groups in total.